The Morgan fingerprint density at radius 3 is 2.47 bits per heavy atom. The van der Waals surface area contributed by atoms with Gasteiger partial charge in [0.05, 0.1) is 10.6 Å². The molecule has 2 N–H and O–H groups in total. The summed E-state index contributed by atoms with van der Waals surface area (Å²) in [4.78, 5) is 24.9. The summed E-state index contributed by atoms with van der Waals surface area (Å²) in [6.07, 6.45) is 7.87. The zero-order chi connectivity index (χ0) is 22.7. The summed E-state index contributed by atoms with van der Waals surface area (Å²) in [5, 5.41) is 5.94. The molecule has 1 atom stereocenters. The first kappa shape index (κ1) is 23.0. The van der Waals surface area contributed by atoms with E-state index < -0.39 is 16.1 Å². The maximum atomic E-state index is 13.2. The second-order valence-electron chi connectivity index (χ2n) is 9.04. The summed E-state index contributed by atoms with van der Waals surface area (Å²) >= 11 is 0. The quantitative estimate of drug-likeness (QED) is 0.653. The van der Waals surface area contributed by atoms with Crippen LogP contribution in [0.1, 0.15) is 64.7 Å². The zero-order valence-corrected chi connectivity index (χ0v) is 19.5. The number of ether oxygens (including phenoxy) is 1. The highest BCUT2D eigenvalue weighted by Crippen LogP contribution is 2.34. The van der Waals surface area contributed by atoms with E-state index >= 15 is 0 Å². The number of fused-ring (bicyclic) bond motifs is 1. The molecular weight excluding hydrogens is 430 g/mol. The van der Waals surface area contributed by atoms with E-state index in [0.717, 1.165) is 25.7 Å². The number of anilines is 1. The molecule has 0 bridgehead atoms. The highest BCUT2D eigenvalue weighted by molar-refractivity contribution is 7.89. The molecule has 176 valence electrons. The van der Waals surface area contributed by atoms with Crippen LogP contribution in [0.4, 0.5) is 5.69 Å². The Morgan fingerprint density at radius 1 is 1.12 bits per heavy atom. The number of piperidine rings is 1. The van der Waals surface area contributed by atoms with E-state index in [4.69, 9.17) is 4.74 Å². The second-order valence-corrected chi connectivity index (χ2v) is 11.0. The molecule has 9 heteroatoms. The molecule has 0 aromatic heterocycles. The number of amides is 2. The standard InChI is InChI=1S/C23H33N3O5S/c1-2-20-23(28)25-19-15-18(9-10-21(19)31-20)32(29,30)26-13-11-16(12-14-26)22(27)24-17-7-5-3-4-6-8-17/h9-10,15-17,20H,2-8,11-14H2,1H3,(H,24,27)(H,25,28)/t20-/m1/s1. The molecular formula is C23H33N3O5S. The molecule has 8 nitrogen and oxygen atoms in total. The summed E-state index contributed by atoms with van der Waals surface area (Å²) in [5.74, 6) is 0.124. The number of sulfonamides is 1. The number of nitrogens with one attached hydrogen (secondary N) is 2. The molecule has 2 heterocycles. The Hall–Kier alpha value is -2.13. The van der Waals surface area contributed by atoms with Gasteiger partial charge in [0, 0.05) is 25.0 Å². The van der Waals surface area contributed by atoms with Crippen LogP contribution in [-0.2, 0) is 19.6 Å². The first-order valence-corrected chi connectivity index (χ1v) is 13.2. The third kappa shape index (κ3) is 4.93. The van der Waals surface area contributed by atoms with Gasteiger partial charge in [0.2, 0.25) is 15.9 Å². The molecule has 2 aliphatic heterocycles. The number of hydrogen-bond acceptors (Lipinski definition) is 5. The van der Waals surface area contributed by atoms with Crippen LogP contribution in [0.2, 0.25) is 0 Å². The molecule has 3 aliphatic rings. The van der Waals surface area contributed by atoms with Gasteiger partial charge in [0.15, 0.2) is 6.10 Å². The van der Waals surface area contributed by atoms with Crippen molar-refractivity contribution in [1.82, 2.24) is 9.62 Å². The fraction of sp³-hybridized carbons (Fsp3) is 0.652. The molecule has 1 aliphatic carbocycles. The van der Waals surface area contributed by atoms with E-state index in [1.165, 1.54) is 29.3 Å². The van der Waals surface area contributed by atoms with Crippen LogP contribution in [0.15, 0.2) is 23.1 Å². The van der Waals surface area contributed by atoms with E-state index in [2.05, 4.69) is 10.6 Å². The van der Waals surface area contributed by atoms with Crippen molar-refractivity contribution in [2.45, 2.75) is 81.8 Å². The predicted molar refractivity (Wildman–Crippen MR) is 121 cm³/mol. The van der Waals surface area contributed by atoms with Gasteiger partial charge in [-0.15, -0.1) is 0 Å². The fourth-order valence-corrected chi connectivity index (χ4v) is 6.31. The number of carbonyl (C=O) groups excluding carboxylic acids is 2. The maximum Gasteiger partial charge on any atom is 0.265 e. The van der Waals surface area contributed by atoms with Crippen LogP contribution in [0, 0.1) is 5.92 Å². The minimum Gasteiger partial charge on any atom is -0.478 e. The SMILES string of the molecule is CC[C@H]1Oc2ccc(S(=O)(=O)N3CCC(C(=O)NC4CCCCCC4)CC3)cc2NC1=O. The lowest BCUT2D eigenvalue weighted by molar-refractivity contribution is -0.127. The highest BCUT2D eigenvalue weighted by Gasteiger charge is 2.34. The molecule has 4 rings (SSSR count). The largest absolute Gasteiger partial charge is 0.478 e. The van der Waals surface area contributed by atoms with E-state index in [-0.39, 0.29) is 28.7 Å². The number of benzene rings is 1. The normalized spacial score (nSPS) is 23.5. The van der Waals surface area contributed by atoms with Gasteiger partial charge < -0.3 is 15.4 Å². The van der Waals surface area contributed by atoms with Gasteiger partial charge in [-0.2, -0.15) is 4.31 Å². The molecule has 1 saturated carbocycles. The van der Waals surface area contributed by atoms with Gasteiger partial charge in [0.1, 0.15) is 5.75 Å². The van der Waals surface area contributed by atoms with Crippen molar-refractivity contribution in [2.24, 2.45) is 5.92 Å². The lowest BCUT2D eigenvalue weighted by Crippen LogP contribution is -2.45. The Kier molecular flexibility index (Phi) is 7.05. The van der Waals surface area contributed by atoms with Gasteiger partial charge in [-0.3, -0.25) is 9.59 Å². The van der Waals surface area contributed by atoms with Crippen molar-refractivity contribution < 1.29 is 22.7 Å². The topological polar surface area (TPSA) is 105 Å². The van der Waals surface area contributed by atoms with Gasteiger partial charge in [-0.05, 0) is 50.3 Å². The molecule has 1 aromatic carbocycles. The third-order valence-corrected chi connectivity index (χ3v) is 8.70. The summed E-state index contributed by atoms with van der Waals surface area (Å²) in [7, 11) is -3.72. The van der Waals surface area contributed by atoms with Crippen molar-refractivity contribution in [3.05, 3.63) is 18.2 Å². The minimum absolute atomic E-state index is 0.0630. The summed E-state index contributed by atoms with van der Waals surface area (Å²) in [6, 6.07) is 4.83. The smallest absolute Gasteiger partial charge is 0.265 e. The lowest BCUT2D eigenvalue weighted by atomic mass is 9.96. The van der Waals surface area contributed by atoms with Crippen LogP contribution < -0.4 is 15.4 Å². The zero-order valence-electron chi connectivity index (χ0n) is 18.6. The first-order valence-electron chi connectivity index (χ1n) is 11.8. The van der Waals surface area contributed by atoms with Crippen molar-refractivity contribution in [2.75, 3.05) is 18.4 Å². The molecule has 0 radical (unpaired) electrons. The van der Waals surface area contributed by atoms with Crippen molar-refractivity contribution in [3.8, 4) is 5.75 Å². The fourth-order valence-electron chi connectivity index (χ4n) is 4.81. The highest BCUT2D eigenvalue weighted by atomic mass is 32.2. The van der Waals surface area contributed by atoms with E-state index in [0.29, 0.717) is 43.8 Å². The number of nitrogens with zero attached hydrogens (tertiary/aromatic N) is 1. The number of carbonyl (C=O) groups is 2. The van der Waals surface area contributed by atoms with Gasteiger partial charge in [-0.25, -0.2) is 8.42 Å². The summed E-state index contributed by atoms with van der Waals surface area (Å²) in [6.45, 7) is 2.47. The van der Waals surface area contributed by atoms with Crippen LogP contribution in [-0.4, -0.2) is 49.8 Å². The Bertz CT molecular complexity index is 948. The monoisotopic (exact) mass is 463 g/mol. The van der Waals surface area contributed by atoms with Crippen LogP contribution >= 0.6 is 0 Å². The van der Waals surface area contributed by atoms with Crippen molar-refractivity contribution in [3.63, 3.8) is 0 Å². The van der Waals surface area contributed by atoms with Crippen molar-refractivity contribution in [1.29, 1.82) is 0 Å². The molecule has 1 aromatic rings. The van der Waals surface area contributed by atoms with Crippen molar-refractivity contribution >= 4 is 27.5 Å². The average Bonchev–Trinajstić information content (AvgIpc) is 3.07. The maximum absolute atomic E-state index is 13.2. The molecule has 0 unspecified atom stereocenters. The Balaban J connectivity index is 1.37. The van der Waals surface area contributed by atoms with E-state index in [1.54, 1.807) is 6.07 Å². The number of hydrogen-bond donors (Lipinski definition) is 2. The Morgan fingerprint density at radius 2 is 1.81 bits per heavy atom. The van der Waals surface area contributed by atoms with Gasteiger partial charge >= 0.3 is 0 Å². The molecule has 0 spiro atoms. The van der Waals surface area contributed by atoms with E-state index in [9.17, 15) is 18.0 Å². The van der Waals surface area contributed by atoms with Crippen LogP contribution in [0.3, 0.4) is 0 Å². The summed E-state index contributed by atoms with van der Waals surface area (Å²) < 4.78 is 33.4. The van der Waals surface area contributed by atoms with E-state index in [1.807, 2.05) is 6.92 Å². The van der Waals surface area contributed by atoms with Crippen LogP contribution in [0.25, 0.3) is 0 Å². The van der Waals surface area contributed by atoms with Crippen LogP contribution in [0.5, 0.6) is 5.75 Å². The van der Waals surface area contributed by atoms with Gasteiger partial charge in [0.25, 0.3) is 5.91 Å². The first-order chi connectivity index (χ1) is 15.4. The predicted octanol–water partition coefficient (Wildman–Crippen LogP) is 3.04. The molecule has 1 saturated heterocycles. The number of rotatable bonds is 5. The lowest BCUT2D eigenvalue weighted by Gasteiger charge is -2.32. The van der Waals surface area contributed by atoms with Gasteiger partial charge in [-0.1, -0.05) is 32.6 Å². The third-order valence-electron chi connectivity index (χ3n) is 6.81. The molecule has 32 heavy (non-hydrogen) atoms. The Labute approximate surface area is 190 Å². The average molecular weight is 464 g/mol. The second kappa shape index (κ2) is 9.79. The molecule has 2 fully saturated rings. The molecule has 2 amide bonds. The summed E-state index contributed by atoms with van der Waals surface area (Å²) in [5.41, 5.74) is 0.374. The minimum atomic E-state index is -3.72.